The molecule has 4 rings (SSSR count). The number of benzene rings is 2. The van der Waals surface area contributed by atoms with E-state index >= 15 is 0 Å². The molecule has 8 heteroatoms. The van der Waals surface area contributed by atoms with Gasteiger partial charge in [-0.3, -0.25) is 9.48 Å². The molecule has 0 aliphatic carbocycles. The third kappa shape index (κ3) is 5.21. The molecule has 2 aromatic heterocycles. The Morgan fingerprint density at radius 3 is 2.78 bits per heavy atom. The molecule has 0 radical (unpaired) electrons. The number of nitrogens with one attached hydrogen (secondary N) is 2. The molecule has 0 atom stereocenters. The highest BCUT2D eigenvalue weighted by Gasteiger charge is 2.09. The minimum atomic E-state index is 0.00344. The summed E-state index contributed by atoms with van der Waals surface area (Å²) >= 11 is 0. The number of rotatable bonds is 8. The van der Waals surface area contributed by atoms with Crippen molar-refractivity contribution in [3.8, 4) is 16.9 Å². The highest BCUT2D eigenvalue weighted by molar-refractivity contribution is 5.80. The van der Waals surface area contributed by atoms with Gasteiger partial charge in [-0.05, 0) is 36.8 Å². The number of nitrogens with zero attached hydrogens (tertiary/aromatic N) is 4. The third-order valence-electron chi connectivity index (χ3n) is 4.95. The van der Waals surface area contributed by atoms with E-state index in [2.05, 4.69) is 31.8 Å². The zero-order valence-electron chi connectivity index (χ0n) is 18.4. The van der Waals surface area contributed by atoms with Gasteiger partial charge in [-0.1, -0.05) is 18.6 Å². The van der Waals surface area contributed by atoms with E-state index in [1.54, 1.807) is 10.9 Å². The van der Waals surface area contributed by atoms with Gasteiger partial charge < -0.3 is 15.4 Å². The summed E-state index contributed by atoms with van der Waals surface area (Å²) in [4.78, 5) is 20.5. The number of fused-ring (bicyclic) bond motifs is 1. The molecule has 0 aliphatic heterocycles. The summed E-state index contributed by atoms with van der Waals surface area (Å²) < 4.78 is 7.66. The Morgan fingerprint density at radius 1 is 1.12 bits per heavy atom. The molecule has 4 aromatic rings. The Balaban J connectivity index is 1.58. The van der Waals surface area contributed by atoms with Crippen molar-refractivity contribution in [3.05, 3.63) is 60.6 Å². The van der Waals surface area contributed by atoms with Crippen molar-refractivity contribution in [2.75, 3.05) is 18.5 Å². The molecule has 0 saturated heterocycles. The van der Waals surface area contributed by atoms with E-state index in [-0.39, 0.29) is 5.91 Å². The summed E-state index contributed by atoms with van der Waals surface area (Å²) in [5.41, 5.74) is 4.76. The van der Waals surface area contributed by atoms with Gasteiger partial charge in [-0.2, -0.15) is 5.10 Å². The van der Waals surface area contributed by atoms with Crippen molar-refractivity contribution in [3.63, 3.8) is 0 Å². The maximum absolute atomic E-state index is 11.4. The summed E-state index contributed by atoms with van der Waals surface area (Å²) in [5.74, 6) is 1.19. The lowest BCUT2D eigenvalue weighted by Gasteiger charge is -2.12. The van der Waals surface area contributed by atoms with Crippen LogP contribution in [0.2, 0.25) is 0 Å². The fraction of sp³-hybridized carbons (Fsp3) is 0.250. The molecule has 0 bridgehead atoms. The summed E-state index contributed by atoms with van der Waals surface area (Å²) in [6.07, 6.45) is 6.02. The topological polar surface area (TPSA) is 94.0 Å². The Hall–Kier alpha value is -3.94. The lowest BCUT2D eigenvalue weighted by atomic mass is 10.1. The summed E-state index contributed by atoms with van der Waals surface area (Å²) in [6, 6.07) is 11.9. The van der Waals surface area contributed by atoms with Gasteiger partial charge in [0.2, 0.25) is 11.9 Å². The number of hydrogen-bond acceptors (Lipinski definition) is 6. The van der Waals surface area contributed by atoms with E-state index < -0.39 is 0 Å². The van der Waals surface area contributed by atoms with E-state index in [1.165, 1.54) is 5.56 Å². The molecule has 0 aliphatic rings. The smallest absolute Gasteiger partial charge is 0.227 e. The number of anilines is 2. The average Bonchev–Trinajstić information content (AvgIpc) is 3.23. The number of ether oxygens (including phenoxy) is 1. The number of carbonyl (C=O) groups is 1. The summed E-state index contributed by atoms with van der Waals surface area (Å²) in [7, 11) is 1.88. The lowest BCUT2D eigenvalue weighted by molar-refractivity contribution is -0.120. The second kappa shape index (κ2) is 9.47. The second-order valence-electron chi connectivity index (χ2n) is 7.58. The van der Waals surface area contributed by atoms with Crippen molar-refractivity contribution in [2.45, 2.75) is 20.3 Å². The van der Waals surface area contributed by atoms with Crippen molar-refractivity contribution >= 4 is 28.4 Å². The Morgan fingerprint density at radius 2 is 2.00 bits per heavy atom. The maximum Gasteiger partial charge on any atom is 0.227 e. The molecular weight excluding hydrogens is 404 g/mol. The van der Waals surface area contributed by atoms with Gasteiger partial charge in [-0.25, -0.2) is 9.97 Å². The first-order valence-electron chi connectivity index (χ1n) is 10.5. The largest absolute Gasteiger partial charge is 0.492 e. The normalized spacial score (nSPS) is 10.8. The van der Waals surface area contributed by atoms with Crippen LogP contribution in [-0.2, 0) is 11.8 Å². The van der Waals surface area contributed by atoms with Crippen LogP contribution in [0.3, 0.4) is 0 Å². The fourth-order valence-corrected chi connectivity index (χ4v) is 3.32. The maximum atomic E-state index is 11.4. The quantitative estimate of drug-likeness (QED) is 0.411. The highest BCUT2D eigenvalue weighted by Crippen LogP contribution is 2.30. The Kier molecular flexibility index (Phi) is 6.30. The van der Waals surface area contributed by atoms with Crippen molar-refractivity contribution in [2.24, 2.45) is 7.05 Å². The number of amides is 1. The van der Waals surface area contributed by atoms with Crippen LogP contribution >= 0.6 is 0 Å². The molecule has 1 amide bonds. The number of aryl methyl sites for hydroxylation is 2. The lowest BCUT2D eigenvalue weighted by Crippen LogP contribution is -2.27. The zero-order valence-corrected chi connectivity index (χ0v) is 18.4. The second-order valence-corrected chi connectivity index (χ2v) is 7.58. The molecule has 2 heterocycles. The molecule has 2 N–H and O–H groups in total. The van der Waals surface area contributed by atoms with Crippen LogP contribution in [-0.4, -0.2) is 38.8 Å². The van der Waals surface area contributed by atoms with Crippen LogP contribution in [0.4, 0.5) is 11.6 Å². The molecule has 0 spiro atoms. The van der Waals surface area contributed by atoms with Crippen molar-refractivity contribution in [1.29, 1.82) is 0 Å². The van der Waals surface area contributed by atoms with E-state index in [0.29, 0.717) is 31.3 Å². The molecule has 164 valence electrons. The molecule has 8 nitrogen and oxygen atoms in total. The van der Waals surface area contributed by atoms with Gasteiger partial charge in [0.25, 0.3) is 0 Å². The molecule has 0 unspecified atom stereocenters. The van der Waals surface area contributed by atoms with E-state index in [4.69, 9.17) is 4.74 Å². The van der Waals surface area contributed by atoms with Crippen molar-refractivity contribution in [1.82, 2.24) is 25.1 Å². The van der Waals surface area contributed by atoms with E-state index in [9.17, 15) is 4.79 Å². The third-order valence-corrected chi connectivity index (χ3v) is 4.95. The predicted molar refractivity (Wildman–Crippen MR) is 125 cm³/mol. The molecule has 32 heavy (non-hydrogen) atoms. The predicted octanol–water partition coefficient (Wildman–Crippen LogP) is 3.99. The molecule has 0 fully saturated rings. The van der Waals surface area contributed by atoms with Crippen LogP contribution in [0.25, 0.3) is 22.0 Å². The molecule has 2 aromatic carbocycles. The molecule has 0 saturated carbocycles. The SMILES string of the molecule is CCC(=O)NCCOc1cc(Nc2ncc3cc(C)ccc3n2)cc(-c2cnn(C)c2)c1. The Bertz CT molecular complexity index is 1250. The van der Waals surface area contributed by atoms with Gasteiger partial charge in [0.1, 0.15) is 12.4 Å². The van der Waals surface area contributed by atoms with Gasteiger partial charge in [-0.15, -0.1) is 0 Å². The average molecular weight is 431 g/mol. The van der Waals surface area contributed by atoms with Gasteiger partial charge in [0.05, 0.1) is 18.3 Å². The first-order chi connectivity index (χ1) is 15.5. The first-order valence-corrected chi connectivity index (χ1v) is 10.5. The number of hydrogen-bond donors (Lipinski definition) is 2. The fourth-order valence-electron chi connectivity index (χ4n) is 3.32. The first kappa shape index (κ1) is 21.3. The van der Waals surface area contributed by atoms with Crippen LogP contribution in [0.15, 0.2) is 55.0 Å². The summed E-state index contributed by atoms with van der Waals surface area (Å²) in [5, 5.41) is 11.4. The minimum absolute atomic E-state index is 0.00344. The van der Waals surface area contributed by atoms with Crippen molar-refractivity contribution < 1.29 is 9.53 Å². The standard InChI is InChI=1S/C24H26N6O2/c1-4-23(31)25-7-8-32-21-11-17(19-14-27-30(3)15-19)10-20(12-21)28-24-26-13-18-9-16(2)5-6-22(18)29-24/h5-6,9-15H,4,7-8H2,1-3H3,(H,25,31)(H,26,28,29). The highest BCUT2D eigenvalue weighted by atomic mass is 16.5. The molecular formula is C24H26N6O2. The van der Waals surface area contributed by atoms with Crippen LogP contribution in [0.5, 0.6) is 5.75 Å². The van der Waals surface area contributed by atoms with E-state index in [1.807, 2.05) is 63.6 Å². The minimum Gasteiger partial charge on any atom is -0.492 e. The zero-order chi connectivity index (χ0) is 22.5. The monoisotopic (exact) mass is 430 g/mol. The van der Waals surface area contributed by atoms with Gasteiger partial charge >= 0.3 is 0 Å². The van der Waals surface area contributed by atoms with Crippen LogP contribution < -0.4 is 15.4 Å². The number of aromatic nitrogens is 4. The van der Waals surface area contributed by atoms with Gasteiger partial charge in [0.15, 0.2) is 0 Å². The van der Waals surface area contributed by atoms with Crippen LogP contribution in [0.1, 0.15) is 18.9 Å². The van der Waals surface area contributed by atoms with Gasteiger partial charge in [0, 0.05) is 48.6 Å². The van der Waals surface area contributed by atoms with E-state index in [0.717, 1.165) is 27.7 Å². The van der Waals surface area contributed by atoms with Crippen LogP contribution in [0, 0.1) is 6.92 Å². The summed E-state index contributed by atoms with van der Waals surface area (Å²) in [6.45, 7) is 4.68. The Labute approximate surface area is 186 Å². The number of carbonyl (C=O) groups excluding carboxylic acids is 1.